The molecular weight excluding hydrogens is 442 g/mol. The summed E-state index contributed by atoms with van der Waals surface area (Å²) in [4.78, 5) is 12.7. The second-order valence-electron chi connectivity index (χ2n) is 6.05. The molecule has 2 heterocycles. The van der Waals surface area contributed by atoms with Crippen LogP contribution in [0.5, 0.6) is 0 Å². The van der Waals surface area contributed by atoms with Crippen molar-refractivity contribution in [1.82, 2.24) is 0 Å². The topological polar surface area (TPSA) is 94.7 Å². The molecule has 4 rings (SSSR count). The van der Waals surface area contributed by atoms with E-state index >= 15 is 0 Å². The van der Waals surface area contributed by atoms with Gasteiger partial charge in [-0.1, -0.05) is 41.7 Å². The minimum Gasteiger partial charge on any atom is -0.360 e. The molecule has 1 saturated heterocycles. The number of rotatable bonds is 5. The van der Waals surface area contributed by atoms with Crippen LogP contribution in [0.4, 0.5) is 21.4 Å². The number of nitrogens with zero attached hydrogens (tertiary/aromatic N) is 5. The summed E-state index contributed by atoms with van der Waals surface area (Å²) in [5, 5.41) is 30.9. The average Bonchev–Trinajstić information content (AvgIpc) is 3.47. The van der Waals surface area contributed by atoms with Crippen LogP contribution in [-0.2, 0) is 0 Å². The molecule has 1 aliphatic heterocycles. The first kappa shape index (κ1) is 18.3. The number of non-ortho nitro benzene ring substituents is 1. The van der Waals surface area contributed by atoms with Crippen molar-refractivity contribution in [3.05, 3.63) is 68.7 Å². The van der Waals surface area contributed by atoms with Crippen molar-refractivity contribution in [1.29, 1.82) is 5.26 Å². The minimum absolute atomic E-state index is 0.0915. The number of hydrogen-bond donors (Lipinski definition) is 0. The van der Waals surface area contributed by atoms with Crippen LogP contribution in [0.1, 0.15) is 5.56 Å². The Hall–Kier alpha value is -3.09. The van der Waals surface area contributed by atoms with Gasteiger partial charge >= 0.3 is 0 Å². The fourth-order valence-electron chi connectivity index (χ4n) is 2.67. The van der Waals surface area contributed by atoms with E-state index in [1.807, 2.05) is 36.4 Å². The van der Waals surface area contributed by atoms with Crippen molar-refractivity contribution < 1.29 is 4.92 Å². The number of nitro benzene ring substituents is 1. The highest BCUT2D eigenvalue weighted by atomic mass is 79.9. The molecule has 1 aliphatic rings. The summed E-state index contributed by atoms with van der Waals surface area (Å²) in [5.74, 6) is 0. The van der Waals surface area contributed by atoms with Gasteiger partial charge < -0.3 is 4.90 Å². The second kappa shape index (κ2) is 7.50. The maximum Gasteiger partial charge on any atom is 0.272 e. The third-order valence-corrected chi connectivity index (χ3v) is 5.85. The Labute approximate surface area is 172 Å². The lowest BCUT2D eigenvalue weighted by Gasteiger charge is -2.01. The summed E-state index contributed by atoms with van der Waals surface area (Å²) in [6.07, 6.45) is 0. The molecule has 1 fully saturated rings. The monoisotopic (exact) mass is 453 g/mol. The van der Waals surface area contributed by atoms with E-state index in [-0.39, 0.29) is 16.9 Å². The molecule has 0 amide bonds. The van der Waals surface area contributed by atoms with E-state index in [0.717, 1.165) is 34.2 Å². The maximum atomic E-state index is 11.0. The van der Waals surface area contributed by atoms with E-state index in [2.05, 4.69) is 37.1 Å². The SMILES string of the molecule is N#Cc1cc([N+](=O)[O-])cc(Br)c1N=Nc1sc(N2CC2)cc1-c1ccccc1. The van der Waals surface area contributed by atoms with Crippen LogP contribution in [0.3, 0.4) is 0 Å². The number of nitro groups is 1. The fourth-order valence-corrected chi connectivity index (χ4v) is 4.25. The molecule has 0 spiro atoms. The van der Waals surface area contributed by atoms with Crippen LogP contribution in [0.15, 0.2) is 63.2 Å². The highest BCUT2D eigenvalue weighted by Crippen LogP contribution is 2.45. The molecule has 0 atom stereocenters. The van der Waals surface area contributed by atoms with Crippen molar-refractivity contribution >= 4 is 48.6 Å². The van der Waals surface area contributed by atoms with Gasteiger partial charge in [0.1, 0.15) is 16.8 Å². The molecule has 28 heavy (non-hydrogen) atoms. The zero-order chi connectivity index (χ0) is 19.7. The van der Waals surface area contributed by atoms with Gasteiger partial charge in [0.2, 0.25) is 0 Å². The molecule has 0 saturated carbocycles. The smallest absolute Gasteiger partial charge is 0.272 e. The number of anilines is 1. The lowest BCUT2D eigenvalue weighted by atomic mass is 10.1. The first-order chi connectivity index (χ1) is 13.6. The van der Waals surface area contributed by atoms with Gasteiger partial charge in [-0.15, -0.1) is 10.2 Å². The number of halogens is 1. The van der Waals surface area contributed by atoms with Gasteiger partial charge in [-0.2, -0.15) is 5.26 Å². The Kier molecular flexibility index (Phi) is 4.90. The molecule has 138 valence electrons. The van der Waals surface area contributed by atoms with E-state index in [4.69, 9.17) is 0 Å². The zero-order valence-electron chi connectivity index (χ0n) is 14.4. The van der Waals surface area contributed by atoms with Crippen molar-refractivity contribution in [2.45, 2.75) is 0 Å². The van der Waals surface area contributed by atoms with Gasteiger partial charge in [-0.05, 0) is 27.6 Å². The molecule has 0 unspecified atom stereocenters. The van der Waals surface area contributed by atoms with Crippen molar-refractivity contribution in [3.8, 4) is 17.2 Å². The fraction of sp³-hybridized carbons (Fsp3) is 0.105. The Morgan fingerprint density at radius 1 is 1.18 bits per heavy atom. The Balaban J connectivity index is 1.76. The summed E-state index contributed by atoms with van der Waals surface area (Å²) >= 11 is 4.80. The number of benzene rings is 2. The molecule has 9 heteroatoms. The number of azo groups is 1. The molecule has 3 aromatic rings. The summed E-state index contributed by atoms with van der Waals surface area (Å²) in [6.45, 7) is 2.05. The quantitative estimate of drug-likeness (QED) is 0.199. The Morgan fingerprint density at radius 3 is 2.57 bits per heavy atom. The van der Waals surface area contributed by atoms with E-state index in [1.165, 1.54) is 23.5 Å². The Bertz CT molecular complexity index is 1130. The largest absolute Gasteiger partial charge is 0.360 e. The summed E-state index contributed by atoms with van der Waals surface area (Å²) in [7, 11) is 0. The first-order valence-electron chi connectivity index (χ1n) is 8.31. The molecule has 0 aliphatic carbocycles. The van der Waals surface area contributed by atoms with E-state index in [1.54, 1.807) is 0 Å². The van der Waals surface area contributed by atoms with Crippen LogP contribution in [0, 0.1) is 21.4 Å². The second-order valence-corrected chi connectivity index (χ2v) is 7.91. The van der Waals surface area contributed by atoms with E-state index in [9.17, 15) is 15.4 Å². The normalized spacial score (nSPS) is 12.9. The molecule has 0 bridgehead atoms. The molecule has 0 radical (unpaired) electrons. The minimum atomic E-state index is -0.546. The highest BCUT2D eigenvalue weighted by molar-refractivity contribution is 9.10. The standard InChI is InChI=1S/C19H12BrN5O2S/c20-16-9-14(25(26)27)8-13(11-21)18(16)22-23-19-15(12-4-2-1-3-5-12)10-17(28-19)24-6-7-24/h1-5,8-10H,6-7H2. The molecular formula is C19H12BrN5O2S. The summed E-state index contributed by atoms with van der Waals surface area (Å²) < 4.78 is 0.353. The van der Waals surface area contributed by atoms with Gasteiger partial charge in [0, 0.05) is 30.8 Å². The van der Waals surface area contributed by atoms with Crippen molar-refractivity contribution in [2.24, 2.45) is 10.2 Å². The van der Waals surface area contributed by atoms with Gasteiger partial charge in [-0.3, -0.25) is 10.1 Å². The summed E-state index contributed by atoms with van der Waals surface area (Å²) in [6, 6.07) is 16.5. The van der Waals surface area contributed by atoms with Crippen LogP contribution < -0.4 is 4.90 Å². The third-order valence-electron chi connectivity index (χ3n) is 4.16. The van der Waals surface area contributed by atoms with Gasteiger partial charge in [0.05, 0.1) is 20.0 Å². The van der Waals surface area contributed by atoms with Crippen LogP contribution in [0.2, 0.25) is 0 Å². The van der Waals surface area contributed by atoms with Gasteiger partial charge in [0.25, 0.3) is 5.69 Å². The molecule has 1 aromatic heterocycles. The maximum absolute atomic E-state index is 11.0. The van der Waals surface area contributed by atoms with E-state index < -0.39 is 4.92 Å². The number of nitriles is 1. The summed E-state index contributed by atoms with van der Waals surface area (Å²) in [5.41, 5.74) is 2.19. The molecule has 0 N–H and O–H groups in total. The number of thiophene rings is 1. The Morgan fingerprint density at radius 2 is 1.93 bits per heavy atom. The lowest BCUT2D eigenvalue weighted by Crippen LogP contribution is -1.89. The lowest BCUT2D eigenvalue weighted by molar-refractivity contribution is -0.384. The van der Waals surface area contributed by atoms with Crippen LogP contribution >= 0.6 is 27.3 Å². The predicted molar refractivity (Wildman–Crippen MR) is 112 cm³/mol. The van der Waals surface area contributed by atoms with Gasteiger partial charge in [0.15, 0.2) is 0 Å². The van der Waals surface area contributed by atoms with Crippen LogP contribution in [-0.4, -0.2) is 18.0 Å². The van der Waals surface area contributed by atoms with Crippen molar-refractivity contribution in [3.63, 3.8) is 0 Å². The predicted octanol–water partition coefficient (Wildman–Crippen LogP) is 6.19. The van der Waals surface area contributed by atoms with E-state index in [0.29, 0.717) is 4.47 Å². The van der Waals surface area contributed by atoms with Gasteiger partial charge in [-0.25, -0.2) is 0 Å². The first-order valence-corrected chi connectivity index (χ1v) is 9.92. The average molecular weight is 454 g/mol. The zero-order valence-corrected chi connectivity index (χ0v) is 16.8. The number of hydrogen-bond acceptors (Lipinski definition) is 7. The van der Waals surface area contributed by atoms with Crippen molar-refractivity contribution in [2.75, 3.05) is 18.0 Å². The molecule has 7 nitrogen and oxygen atoms in total. The highest BCUT2D eigenvalue weighted by Gasteiger charge is 2.23. The third kappa shape index (κ3) is 3.65. The van der Waals surface area contributed by atoms with Crippen LogP contribution in [0.25, 0.3) is 11.1 Å². The molecule has 2 aromatic carbocycles.